The fourth-order valence-electron chi connectivity index (χ4n) is 2.58. The van der Waals surface area contributed by atoms with Gasteiger partial charge < -0.3 is 5.11 Å². The summed E-state index contributed by atoms with van der Waals surface area (Å²) in [5.41, 5.74) is 0. The van der Waals surface area contributed by atoms with Crippen LogP contribution in [0.15, 0.2) is 0 Å². The molecule has 2 nitrogen and oxygen atoms in total. The van der Waals surface area contributed by atoms with Gasteiger partial charge in [-0.3, -0.25) is 4.79 Å². The van der Waals surface area contributed by atoms with E-state index < -0.39 is 5.97 Å². The predicted octanol–water partition coefficient (Wildman–Crippen LogP) is 3.31. The van der Waals surface area contributed by atoms with Crippen molar-refractivity contribution in [1.82, 2.24) is 0 Å². The largest absolute Gasteiger partial charge is 0.481 e. The van der Waals surface area contributed by atoms with Crippen molar-refractivity contribution in [2.75, 3.05) is 0 Å². The Bertz CT molecular complexity index is 179. The smallest absolute Gasteiger partial charge is 0.303 e. The molecule has 0 aromatic rings. The van der Waals surface area contributed by atoms with Gasteiger partial charge in [-0.25, -0.2) is 0 Å². The van der Waals surface area contributed by atoms with Crippen molar-refractivity contribution in [2.45, 2.75) is 52.4 Å². The van der Waals surface area contributed by atoms with Gasteiger partial charge in [-0.15, -0.1) is 0 Å². The molecule has 0 heterocycles. The van der Waals surface area contributed by atoms with Gasteiger partial charge >= 0.3 is 5.97 Å². The van der Waals surface area contributed by atoms with Crippen molar-refractivity contribution < 1.29 is 9.90 Å². The summed E-state index contributed by atoms with van der Waals surface area (Å²) in [4.78, 5) is 10.5. The quantitative estimate of drug-likeness (QED) is 0.752. The number of carboxylic acids is 1. The van der Waals surface area contributed by atoms with Crippen LogP contribution in [0.4, 0.5) is 0 Å². The number of hydrogen-bond acceptors (Lipinski definition) is 1. The van der Waals surface area contributed by atoms with E-state index in [2.05, 4.69) is 13.8 Å². The summed E-state index contributed by atoms with van der Waals surface area (Å²) in [5, 5.41) is 8.68. The lowest BCUT2D eigenvalue weighted by Crippen LogP contribution is -2.18. The van der Waals surface area contributed by atoms with Gasteiger partial charge in [0, 0.05) is 6.42 Å². The molecule has 1 aliphatic rings. The Balaban J connectivity index is 2.21. The lowest BCUT2D eigenvalue weighted by Gasteiger charge is -2.28. The Hall–Kier alpha value is -0.530. The molecule has 1 fully saturated rings. The lowest BCUT2D eigenvalue weighted by atomic mass is 9.77. The third-order valence-corrected chi connectivity index (χ3v) is 3.23. The fourth-order valence-corrected chi connectivity index (χ4v) is 2.58. The van der Waals surface area contributed by atoms with Crippen molar-refractivity contribution in [3.8, 4) is 0 Å². The minimum Gasteiger partial charge on any atom is -0.481 e. The minimum atomic E-state index is -0.627. The molecule has 0 aliphatic heterocycles. The predicted molar refractivity (Wildman–Crippen MR) is 57.2 cm³/mol. The van der Waals surface area contributed by atoms with Crippen LogP contribution in [-0.4, -0.2) is 11.1 Å². The van der Waals surface area contributed by atoms with Crippen LogP contribution in [0.5, 0.6) is 0 Å². The zero-order valence-corrected chi connectivity index (χ0v) is 9.33. The molecule has 82 valence electrons. The van der Waals surface area contributed by atoms with E-state index in [1.165, 1.54) is 19.3 Å². The molecule has 14 heavy (non-hydrogen) atoms. The molecular formula is C12H22O2. The van der Waals surface area contributed by atoms with Crippen molar-refractivity contribution in [3.63, 3.8) is 0 Å². The van der Waals surface area contributed by atoms with Crippen LogP contribution in [0.2, 0.25) is 0 Å². The second kappa shape index (κ2) is 5.38. The molecule has 1 rings (SSSR count). The highest BCUT2D eigenvalue weighted by atomic mass is 16.4. The maximum absolute atomic E-state index is 10.5. The Morgan fingerprint density at radius 2 is 1.71 bits per heavy atom. The van der Waals surface area contributed by atoms with E-state index in [0.29, 0.717) is 12.3 Å². The van der Waals surface area contributed by atoms with Gasteiger partial charge in [0.25, 0.3) is 0 Å². The van der Waals surface area contributed by atoms with E-state index in [1.54, 1.807) is 0 Å². The lowest BCUT2D eigenvalue weighted by molar-refractivity contribution is -0.138. The zero-order valence-electron chi connectivity index (χ0n) is 9.33. The number of carbonyl (C=O) groups is 1. The molecule has 1 N–H and O–H groups in total. The average Bonchev–Trinajstić information content (AvgIpc) is 2.06. The van der Waals surface area contributed by atoms with Crippen LogP contribution in [-0.2, 0) is 4.79 Å². The molecule has 1 aliphatic carbocycles. The molecule has 0 aromatic heterocycles. The highest BCUT2D eigenvalue weighted by molar-refractivity contribution is 5.67. The van der Waals surface area contributed by atoms with Crippen LogP contribution in [0, 0.1) is 17.8 Å². The summed E-state index contributed by atoms with van der Waals surface area (Å²) in [6, 6.07) is 0. The highest BCUT2D eigenvalue weighted by Gasteiger charge is 2.23. The third kappa shape index (κ3) is 4.12. The first-order chi connectivity index (χ1) is 6.58. The van der Waals surface area contributed by atoms with Gasteiger partial charge in [-0.1, -0.05) is 26.7 Å². The summed E-state index contributed by atoms with van der Waals surface area (Å²) in [7, 11) is 0. The summed E-state index contributed by atoms with van der Waals surface area (Å²) < 4.78 is 0. The zero-order chi connectivity index (χ0) is 10.6. The van der Waals surface area contributed by atoms with E-state index in [1.807, 2.05) is 0 Å². The molecular weight excluding hydrogens is 176 g/mol. The van der Waals surface area contributed by atoms with Gasteiger partial charge in [-0.05, 0) is 37.0 Å². The number of rotatable bonds is 4. The first-order valence-electron chi connectivity index (χ1n) is 5.79. The van der Waals surface area contributed by atoms with Crippen LogP contribution in [0.25, 0.3) is 0 Å². The van der Waals surface area contributed by atoms with Crippen molar-refractivity contribution in [3.05, 3.63) is 0 Å². The van der Waals surface area contributed by atoms with Crippen LogP contribution < -0.4 is 0 Å². The molecule has 0 amide bonds. The second-order valence-electron chi connectivity index (χ2n) is 5.11. The maximum Gasteiger partial charge on any atom is 0.303 e. The molecule has 0 saturated heterocycles. The highest BCUT2D eigenvalue weighted by Crippen LogP contribution is 2.33. The normalized spacial score (nSPS) is 27.9. The molecule has 0 spiro atoms. The monoisotopic (exact) mass is 198 g/mol. The second-order valence-corrected chi connectivity index (χ2v) is 5.11. The van der Waals surface area contributed by atoms with E-state index in [4.69, 9.17) is 5.11 Å². The Kier molecular flexibility index (Phi) is 4.43. The maximum atomic E-state index is 10.5. The standard InChI is InChI=1S/C12H22O2/c1-9(2)7-10-3-5-11(6-4-10)8-12(13)14/h9-11H,3-8H2,1-2H3,(H,13,14). The van der Waals surface area contributed by atoms with E-state index in [9.17, 15) is 4.79 Å². The van der Waals surface area contributed by atoms with Crippen molar-refractivity contribution >= 4 is 5.97 Å². The van der Waals surface area contributed by atoms with E-state index in [-0.39, 0.29) is 0 Å². The van der Waals surface area contributed by atoms with Gasteiger partial charge in [0.1, 0.15) is 0 Å². The van der Waals surface area contributed by atoms with Crippen LogP contribution in [0.1, 0.15) is 52.4 Å². The molecule has 0 radical (unpaired) electrons. The molecule has 1 saturated carbocycles. The molecule has 2 heteroatoms. The SMILES string of the molecule is CC(C)CC1CCC(CC(=O)O)CC1. The summed E-state index contributed by atoms with van der Waals surface area (Å²) in [6.07, 6.45) is 6.45. The van der Waals surface area contributed by atoms with Gasteiger partial charge in [-0.2, -0.15) is 0 Å². The Morgan fingerprint density at radius 3 is 2.14 bits per heavy atom. The van der Waals surface area contributed by atoms with Crippen LogP contribution >= 0.6 is 0 Å². The first kappa shape index (κ1) is 11.5. The Morgan fingerprint density at radius 1 is 1.21 bits per heavy atom. The number of carboxylic acid groups (broad SMARTS) is 1. The average molecular weight is 198 g/mol. The summed E-state index contributed by atoms with van der Waals surface area (Å²) in [6.45, 7) is 4.53. The third-order valence-electron chi connectivity index (χ3n) is 3.23. The van der Waals surface area contributed by atoms with Crippen molar-refractivity contribution in [2.24, 2.45) is 17.8 Å². The minimum absolute atomic E-state index is 0.383. The Labute approximate surface area is 86.7 Å². The van der Waals surface area contributed by atoms with E-state index >= 15 is 0 Å². The molecule has 0 aromatic carbocycles. The van der Waals surface area contributed by atoms with Gasteiger partial charge in [0.2, 0.25) is 0 Å². The van der Waals surface area contributed by atoms with Gasteiger partial charge in [0.15, 0.2) is 0 Å². The first-order valence-corrected chi connectivity index (χ1v) is 5.79. The fraction of sp³-hybridized carbons (Fsp3) is 0.917. The van der Waals surface area contributed by atoms with Gasteiger partial charge in [0.05, 0.1) is 0 Å². The van der Waals surface area contributed by atoms with Crippen LogP contribution in [0.3, 0.4) is 0 Å². The number of hydrogen-bond donors (Lipinski definition) is 1. The summed E-state index contributed by atoms with van der Waals surface area (Å²) >= 11 is 0. The van der Waals surface area contributed by atoms with Crippen molar-refractivity contribution in [1.29, 1.82) is 0 Å². The summed E-state index contributed by atoms with van der Waals surface area (Å²) in [5.74, 6) is 1.48. The topological polar surface area (TPSA) is 37.3 Å². The molecule has 0 unspecified atom stereocenters. The molecule has 0 atom stereocenters. The molecule has 0 bridgehead atoms. The van der Waals surface area contributed by atoms with E-state index in [0.717, 1.165) is 24.7 Å². The number of aliphatic carboxylic acids is 1.